The van der Waals surface area contributed by atoms with E-state index in [0.717, 1.165) is 6.07 Å². The summed E-state index contributed by atoms with van der Waals surface area (Å²) in [5.41, 5.74) is 4.69. The van der Waals surface area contributed by atoms with Crippen molar-refractivity contribution in [2.45, 2.75) is 0 Å². The van der Waals surface area contributed by atoms with Gasteiger partial charge >= 0.3 is 0 Å². The van der Waals surface area contributed by atoms with E-state index in [0.29, 0.717) is 5.88 Å². The van der Waals surface area contributed by atoms with Crippen LogP contribution in [0.25, 0.3) is 0 Å². The van der Waals surface area contributed by atoms with Crippen LogP contribution < -0.4 is 15.6 Å². The fourth-order valence-corrected chi connectivity index (χ4v) is 1.76. The number of aromatic nitrogens is 2. The largest absolute Gasteiger partial charge is 0.481 e. The van der Waals surface area contributed by atoms with Crippen LogP contribution in [0.5, 0.6) is 5.88 Å². The SMILES string of the molecule is COc1ccnc(NNC(=O)c2ccc([N+](=O)[O-])cc2Cl)n1. The Morgan fingerprint density at radius 2 is 2.18 bits per heavy atom. The van der Waals surface area contributed by atoms with Crippen LogP contribution >= 0.6 is 11.6 Å². The minimum absolute atomic E-state index is 0.0416. The molecule has 9 nitrogen and oxygen atoms in total. The Morgan fingerprint density at radius 3 is 2.82 bits per heavy atom. The molecule has 0 atom stereocenters. The summed E-state index contributed by atoms with van der Waals surface area (Å²) in [6.45, 7) is 0. The summed E-state index contributed by atoms with van der Waals surface area (Å²) in [5, 5.41) is 10.6. The van der Waals surface area contributed by atoms with Gasteiger partial charge in [-0.2, -0.15) is 4.98 Å². The van der Waals surface area contributed by atoms with Crippen LogP contribution in [-0.2, 0) is 0 Å². The molecule has 0 radical (unpaired) electrons. The second kappa shape index (κ2) is 6.68. The number of amides is 1. The molecule has 0 bridgehead atoms. The van der Waals surface area contributed by atoms with Crippen molar-refractivity contribution in [2.75, 3.05) is 12.5 Å². The summed E-state index contributed by atoms with van der Waals surface area (Å²) < 4.78 is 4.91. The maximum absolute atomic E-state index is 12.0. The van der Waals surface area contributed by atoms with E-state index in [1.807, 2.05) is 0 Å². The monoisotopic (exact) mass is 323 g/mol. The first kappa shape index (κ1) is 15.4. The lowest BCUT2D eigenvalue weighted by molar-refractivity contribution is -0.384. The van der Waals surface area contributed by atoms with E-state index >= 15 is 0 Å². The predicted molar refractivity (Wildman–Crippen MR) is 77.8 cm³/mol. The van der Waals surface area contributed by atoms with E-state index in [2.05, 4.69) is 20.8 Å². The Hall–Kier alpha value is -2.94. The van der Waals surface area contributed by atoms with Crippen molar-refractivity contribution in [2.24, 2.45) is 0 Å². The number of hydrogen-bond donors (Lipinski definition) is 2. The van der Waals surface area contributed by atoms with Gasteiger partial charge in [-0.05, 0) is 6.07 Å². The summed E-state index contributed by atoms with van der Waals surface area (Å²) in [4.78, 5) is 29.8. The van der Waals surface area contributed by atoms with Crippen LogP contribution in [-0.4, -0.2) is 27.9 Å². The molecular weight excluding hydrogens is 314 g/mol. The highest BCUT2D eigenvalue weighted by atomic mass is 35.5. The second-order valence-electron chi connectivity index (χ2n) is 3.92. The third-order valence-corrected chi connectivity index (χ3v) is 2.85. The quantitative estimate of drug-likeness (QED) is 0.636. The number of hydrogen-bond acceptors (Lipinski definition) is 7. The number of methoxy groups -OCH3 is 1. The number of carbonyl (C=O) groups excluding carboxylic acids is 1. The number of non-ortho nitro benzene ring substituents is 1. The zero-order valence-corrected chi connectivity index (χ0v) is 12.0. The van der Waals surface area contributed by atoms with Gasteiger partial charge in [0.05, 0.1) is 22.6 Å². The van der Waals surface area contributed by atoms with Crippen LogP contribution in [0.2, 0.25) is 5.02 Å². The normalized spacial score (nSPS) is 9.91. The highest BCUT2D eigenvalue weighted by Gasteiger charge is 2.15. The zero-order chi connectivity index (χ0) is 16.1. The third kappa shape index (κ3) is 3.58. The van der Waals surface area contributed by atoms with Gasteiger partial charge < -0.3 is 4.74 Å². The molecular formula is C12H10ClN5O4. The van der Waals surface area contributed by atoms with Crippen molar-refractivity contribution in [3.05, 3.63) is 51.2 Å². The topological polar surface area (TPSA) is 119 Å². The maximum Gasteiger partial charge on any atom is 0.271 e. The number of nitrogens with zero attached hydrogens (tertiary/aromatic N) is 3. The number of carbonyl (C=O) groups is 1. The number of hydrazine groups is 1. The molecule has 22 heavy (non-hydrogen) atoms. The molecule has 0 aliphatic rings. The molecule has 0 aliphatic carbocycles. The van der Waals surface area contributed by atoms with Crippen molar-refractivity contribution in [1.29, 1.82) is 0 Å². The Labute approximate surface area is 129 Å². The van der Waals surface area contributed by atoms with Crippen LogP contribution in [0.3, 0.4) is 0 Å². The van der Waals surface area contributed by atoms with Crippen LogP contribution in [0.1, 0.15) is 10.4 Å². The van der Waals surface area contributed by atoms with E-state index in [9.17, 15) is 14.9 Å². The fourth-order valence-electron chi connectivity index (χ4n) is 1.50. The standard InChI is InChI=1S/C12H10ClN5O4/c1-22-10-4-5-14-12(15-10)17-16-11(19)8-3-2-7(18(20)21)6-9(8)13/h2-6H,1H3,(H,16,19)(H,14,15,17). The first-order chi connectivity index (χ1) is 10.5. The number of nitrogens with one attached hydrogen (secondary N) is 2. The van der Waals surface area contributed by atoms with Crippen LogP contribution in [0.15, 0.2) is 30.5 Å². The first-order valence-electron chi connectivity index (χ1n) is 5.88. The van der Waals surface area contributed by atoms with Gasteiger partial charge in [-0.15, -0.1) is 0 Å². The van der Waals surface area contributed by atoms with Gasteiger partial charge in [-0.3, -0.25) is 25.8 Å². The van der Waals surface area contributed by atoms with Gasteiger partial charge in [0.1, 0.15) is 0 Å². The summed E-state index contributed by atoms with van der Waals surface area (Å²) in [6, 6.07) is 5.07. The van der Waals surface area contributed by atoms with Crippen molar-refractivity contribution in [3.8, 4) is 5.88 Å². The van der Waals surface area contributed by atoms with Gasteiger partial charge in [-0.1, -0.05) is 11.6 Å². The number of nitro groups is 1. The van der Waals surface area contributed by atoms with E-state index in [1.165, 1.54) is 25.4 Å². The summed E-state index contributed by atoms with van der Waals surface area (Å²) >= 11 is 5.85. The van der Waals surface area contributed by atoms with Crippen molar-refractivity contribution >= 4 is 29.1 Å². The Kier molecular flexibility index (Phi) is 4.69. The van der Waals surface area contributed by atoms with Gasteiger partial charge in [-0.25, -0.2) is 4.98 Å². The molecule has 0 spiro atoms. The zero-order valence-electron chi connectivity index (χ0n) is 11.2. The predicted octanol–water partition coefficient (Wildman–Crippen LogP) is 1.80. The van der Waals surface area contributed by atoms with E-state index in [-0.39, 0.29) is 22.2 Å². The molecule has 0 aliphatic heterocycles. The number of rotatable bonds is 5. The fraction of sp³-hybridized carbons (Fsp3) is 0.0833. The molecule has 0 fully saturated rings. The Bertz CT molecular complexity index is 724. The third-order valence-electron chi connectivity index (χ3n) is 2.54. The van der Waals surface area contributed by atoms with Crippen LogP contribution in [0, 0.1) is 10.1 Å². The second-order valence-corrected chi connectivity index (χ2v) is 4.33. The molecule has 1 heterocycles. The van der Waals surface area contributed by atoms with Gasteiger partial charge in [0.2, 0.25) is 11.8 Å². The average molecular weight is 324 g/mol. The Balaban J connectivity index is 2.07. The maximum atomic E-state index is 12.0. The summed E-state index contributed by atoms with van der Waals surface area (Å²) in [7, 11) is 1.45. The van der Waals surface area contributed by atoms with Crippen molar-refractivity contribution in [3.63, 3.8) is 0 Å². The molecule has 2 aromatic rings. The smallest absolute Gasteiger partial charge is 0.271 e. The molecule has 1 amide bonds. The Morgan fingerprint density at radius 1 is 1.41 bits per heavy atom. The summed E-state index contributed by atoms with van der Waals surface area (Å²) in [6.07, 6.45) is 1.44. The number of benzene rings is 1. The molecule has 2 N–H and O–H groups in total. The minimum atomic E-state index is -0.601. The highest BCUT2D eigenvalue weighted by molar-refractivity contribution is 6.34. The lowest BCUT2D eigenvalue weighted by atomic mass is 10.2. The lowest BCUT2D eigenvalue weighted by Gasteiger charge is -2.08. The molecule has 0 saturated carbocycles. The minimum Gasteiger partial charge on any atom is -0.481 e. The van der Waals surface area contributed by atoms with Crippen molar-refractivity contribution in [1.82, 2.24) is 15.4 Å². The average Bonchev–Trinajstić information content (AvgIpc) is 2.52. The lowest BCUT2D eigenvalue weighted by Crippen LogP contribution is -2.30. The van der Waals surface area contributed by atoms with E-state index in [1.54, 1.807) is 6.07 Å². The molecule has 10 heteroatoms. The molecule has 1 aromatic carbocycles. The molecule has 114 valence electrons. The number of nitro benzene ring substituents is 1. The first-order valence-corrected chi connectivity index (χ1v) is 6.26. The van der Waals surface area contributed by atoms with Crippen LogP contribution in [0.4, 0.5) is 11.6 Å². The number of ether oxygens (including phenoxy) is 1. The van der Waals surface area contributed by atoms with Gasteiger partial charge in [0.15, 0.2) is 0 Å². The summed E-state index contributed by atoms with van der Waals surface area (Å²) in [5.74, 6) is -0.155. The highest BCUT2D eigenvalue weighted by Crippen LogP contribution is 2.22. The van der Waals surface area contributed by atoms with Gasteiger partial charge in [0, 0.05) is 24.4 Å². The van der Waals surface area contributed by atoms with E-state index in [4.69, 9.17) is 16.3 Å². The number of halogens is 1. The van der Waals surface area contributed by atoms with Crippen molar-refractivity contribution < 1.29 is 14.5 Å². The molecule has 0 unspecified atom stereocenters. The van der Waals surface area contributed by atoms with E-state index < -0.39 is 10.8 Å². The molecule has 2 rings (SSSR count). The molecule has 0 saturated heterocycles. The van der Waals surface area contributed by atoms with Gasteiger partial charge in [0.25, 0.3) is 11.6 Å². The number of anilines is 1. The molecule has 1 aromatic heterocycles.